The van der Waals surface area contributed by atoms with Gasteiger partial charge in [0.2, 0.25) is 0 Å². The Morgan fingerprint density at radius 1 is 0.962 bits per heavy atom. The maximum Gasteiger partial charge on any atom is 0.130 e. The van der Waals surface area contributed by atoms with E-state index >= 15 is 0 Å². The second-order valence-electron chi connectivity index (χ2n) is 6.87. The smallest absolute Gasteiger partial charge is 0.130 e. The third kappa shape index (κ3) is 3.59. The van der Waals surface area contributed by atoms with E-state index in [9.17, 15) is 0 Å². The molecule has 4 rings (SSSR count). The van der Waals surface area contributed by atoms with Gasteiger partial charge >= 0.3 is 0 Å². The first-order chi connectivity index (χ1) is 12.8. The molecule has 1 heterocycles. The molecule has 4 nitrogen and oxygen atoms in total. The molecule has 0 bridgehead atoms. The van der Waals surface area contributed by atoms with Gasteiger partial charge in [-0.2, -0.15) is 5.10 Å². The second-order valence-corrected chi connectivity index (χ2v) is 6.87. The van der Waals surface area contributed by atoms with Gasteiger partial charge in [0, 0.05) is 17.7 Å². The fourth-order valence-corrected chi connectivity index (χ4v) is 3.61. The van der Waals surface area contributed by atoms with Gasteiger partial charge < -0.3 is 10.1 Å². The predicted molar refractivity (Wildman–Crippen MR) is 106 cm³/mol. The largest absolute Gasteiger partial charge is 0.497 e. The highest BCUT2D eigenvalue weighted by atomic mass is 16.5. The van der Waals surface area contributed by atoms with Gasteiger partial charge in [0.25, 0.3) is 0 Å². The molecule has 1 saturated carbocycles. The van der Waals surface area contributed by atoms with Gasteiger partial charge in [-0.05, 0) is 49.2 Å². The number of nitrogens with zero attached hydrogens (tertiary/aromatic N) is 2. The molecular weight excluding hydrogens is 322 g/mol. The number of ether oxygens (including phenoxy) is 1. The van der Waals surface area contributed by atoms with E-state index in [1.807, 2.05) is 22.9 Å². The molecule has 1 aliphatic rings. The van der Waals surface area contributed by atoms with Crippen LogP contribution in [-0.4, -0.2) is 22.9 Å². The Labute approximate surface area is 154 Å². The van der Waals surface area contributed by atoms with Crippen molar-refractivity contribution in [3.05, 3.63) is 60.7 Å². The molecule has 0 atom stereocenters. The zero-order valence-electron chi connectivity index (χ0n) is 15.2. The van der Waals surface area contributed by atoms with E-state index < -0.39 is 0 Å². The van der Waals surface area contributed by atoms with E-state index in [-0.39, 0.29) is 0 Å². The van der Waals surface area contributed by atoms with E-state index in [4.69, 9.17) is 9.84 Å². The van der Waals surface area contributed by atoms with E-state index in [2.05, 4.69) is 47.8 Å². The molecular formula is C22H25N3O. The Bertz CT molecular complexity index is 834. The summed E-state index contributed by atoms with van der Waals surface area (Å²) in [5.74, 6) is 1.92. The predicted octanol–water partition coefficient (Wildman–Crippen LogP) is 5.29. The summed E-state index contributed by atoms with van der Waals surface area (Å²) in [6.07, 6.45) is 6.44. The summed E-state index contributed by atoms with van der Waals surface area (Å²) in [5.41, 5.74) is 3.13. The highest BCUT2D eigenvalue weighted by molar-refractivity contribution is 5.65. The molecule has 0 spiro atoms. The van der Waals surface area contributed by atoms with Crippen LogP contribution in [0.4, 0.5) is 5.82 Å². The molecule has 1 N–H and O–H groups in total. The second kappa shape index (κ2) is 7.65. The van der Waals surface area contributed by atoms with E-state index in [0.717, 1.165) is 28.5 Å². The lowest BCUT2D eigenvalue weighted by molar-refractivity contribution is 0.415. The summed E-state index contributed by atoms with van der Waals surface area (Å²) in [6, 6.07) is 21.1. The van der Waals surface area contributed by atoms with Crippen LogP contribution in [0.2, 0.25) is 0 Å². The van der Waals surface area contributed by atoms with Crippen molar-refractivity contribution in [2.75, 3.05) is 12.4 Å². The molecule has 26 heavy (non-hydrogen) atoms. The minimum Gasteiger partial charge on any atom is -0.497 e. The van der Waals surface area contributed by atoms with Gasteiger partial charge in [0.15, 0.2) is 0 Å². The minimum absolute atomic E-state index is 0.534. The number of rotatable bonds is 5. The quantitative estimate of drug-likeness (QED) is 0.681. The van der Waals surface area contributed by atoms with Crippen molar-refractivity contribution in [1.82, 2.24) is 9.78 Å². The summed E-state index contributed by atoms with van der Waals surface area (Å²) >= 11 is 0. The van der Waals surface area contributed by atoms with Crippen LogP contribution in [0.25, 0.3) is 16.9 Å². The average Bonchev–Trinajstić information content (AvgIpc) is 3.13. The Morgan fingerprint density at radius 2 is 1.69 bits per heavy atom. The normalized spacial score (nSPS) is 15.0. The maximum absolute atomic E-state index is 5.27. The van der Waals surface area contributed by atoms with Crippen LogP contribution in [0, 0.1) is 0 Å². The zero-order chi connectivity index (χ0) is 17.8. The van der Waals surface area contributed by atoms with Gasteiger partial charge in [-0.25, -0.2) is 4.68 Å². The Balaban J connectivity index is 1.69. The summed E-state index contributed by atoms with van der Waals surface area (Å²) in [6.45, 7) is 0. The number of benzene rings is 2. The molecule has 0 unspecified atom stereocenters. The van der Waals surface area contributed by atoms with Crippen LogP contribution in [0.1, 0.15) is 32.1 Å². The molecule has 0 saturated heterocycles. The standard InChI is InChI=1S/C22H25N3O/c1-26-20-14-12-17(13-15-20)21-16-22(23-18-8-4-2-5-9-18)25(24-21)19-10-6-3-7-11-19/h3,6-7,10-16,18,23H,2,4-5,8-9H2,1H3. The molecule has 1 aromatic heterocycles. The summed E-state index contributed by atoms with van der Waals surface area (Å²) < 4.78 is 7.29. The fourth-order valence-electron chi connectivity index (χ4n) is 3.61. The molecule has 0 aliphatic heterocycles. The number of hydrogen-bond donors (Lipinski definition) is 1. The summed E-state index contributed by atoms with van der Waals surface area (Å²) in [7, 11) is 1.69. The number of methoxy groups -OCH3 is 1. The number of anilines is 1. The van der Waals surface area contributed by atoms with Crippen LogP contribution in [0.5, 0.6) is 5.75 Å². The molecule has 1 fully saturated rings. The Hall–Kier alpha value is -2.75. The number of nitrogens with one attached hydrogen (secondary N) is 1. The molecule has 0 amide bonds. The summed E-state index contributed by atoms with van der Waals surface area (Å²) in [4.78, 5) is 0. The van der Waals surface area contributed by atoms with Crippen molar-refractivity contribution in [1.29, 1.82) is 0 Å². The molecule has 0 radical (unpaired) electrons. The van der Waals surface area contributed by atoms with Crippen LogP contribution < -0.4 is 10.1 Å². The number of aromatic nitrogens is 2. The van der Waals surface area contributed by atoms with Crippen LogP contribution in [0.3, 0.4) is 0 Å². The van der Waals surface area contributed by atoms with E-state index in [1.54, 1.807) is 7.11 Å². The highest BCUT2D eigenvalue weighted by Gasteiger charge is 2.17. The molecule has 2 aromatic carbocycles. The topological polar surface area (TPSA) is 39.1 Å². The first kappa shape index (κ1) is 16.7. The van der Waals surface area contributed by atoms with Crippen molar-refractivity contribution in [2.24, 2.45) is 0 Å². The highest BCUT2D eigenvalue weighted by Crippen LogP contribution is 2.28. The van der Waals surface area contributed by atoms with E-state index in [1.165, 1.54) is 32.1 Å². The van der Waals surface area contributed by atoms with Gasteiger partial charge in [-0.1, -0.05) is 37.5 Å². The lowest BCUT2D eigenvalue weighted by Crippen LogP contribution is -2.23. The van der Waals surface area contributed by atoms with Gasteiger partial charge in [-0.15, -0.1) is 0 Å². The van der Waals surface area contributed by atoms with Crippen LogP contribution in [0.15, 0.2) is 60.7 Å². The Kier molecular flexibility index (Phi) is 4.91. The first-order valence-corrected chi connectivity index (χ1v) is 9.40. The van der Waals surface area contributed by atoms with Crippen molar-refractivity contribution < 1.29 is 4.74 Å². The number of hydrogen-bond acceptors (Lipinski definition) is 3. The third-order valence-corrected chi connectivity index (χ3v) is 5.05. The monoisotopic (exact) mass is 347 g/mol. The lowest BCUT2D eigenvalue weighted by atomic mass is 9.95. The van der Waals surface area contributed by atoms with Crippen molar-refractivity contribution in [2.45, 2.75) is 38.1 Å². The molecule has 3 aromatic rings. The van der Waals surface area contributed by atoms with E-state index in [0.29, 0.717) is 6.04 Å². The lowest BCUT2D eigenvalue weighted by Gasteiger charge is -2.24. The fraction of sp³-hybridized carbons (Fsp3) is 0.318. The van der Waals surface area contributed by atoms with Gasteiger partial charge in [-0.3, -0.25) is 0 Å². The third-order valence-electron chi connectivity index (χ3n) is 5.05. The van der Waals surface area contributed by atoms with Crippen molar-refractivity contribution in [3.8, 4) is 22.7 Å². The maximum atomic E-state index is 5.27. The van der Waals surface area contributed by atoms with Gasteiger partial charge in [0.1, 0.15) is 11.6 Å². The molecule has 1 aliphatic carbocycles. The number of para-hydroxylation sites is 1. The van der Waals surface area contributed by atoms with Crippen molar-refractivity contribution >= 4 is 5.82 Å². The first-order valence-electron chi connectivity index (χ1n) is 9.40. The molecule has 4 heteroatoms. The van der Waals surface area contributed by atoms with Gasteiger partial charge in [0.05, 0.1) is 18.5 Å². The van der Waals surface area contributed by atoms with Crippen LogP contribution >= 0.6 is 0 Å². The average molecular weight is 347 g/mol. The molecule has 134 valence electrons. The van der Waals surface area contributed by atoms with Crippen LogP contribution in [-0.2, 0) is 0 Å². The Morgan fingerprint density at radius 3 is 2.38 bits per heavy atom. The summed E-state index contributed by atoms with van der Waals surface area (Å²) in [5, 5.41) is 8.62. The van der Waals surface area contributed by atoms with Crippen molar-refractivity contribution in [3.63, 3.8) is 0 Å². The zero-order valence-corrected chi connectivity index (χ0v) is 15.2. The minimum atomic E-state index is 0.534. The SMILES string of the molecule is COc1ccc(-c2cc(NC3CCCCC3)n(-c3ccccc3)n2)cc1.